The molecule has 2 aromatic carbocycles. The molecule has 0 spiro atoms. The second kappa shape index (κ2) is 7.51. The predicted octanol–water partition coefficient (Wildman–Crippen LogP) is 5.11. The molecule has 126 valence electrons. The molecule has 0 aliphatic carbocycles. The monoisotopic (exact) mass is 371 g/mol. The Balaban J connectivity index is 1.82. The van der Waals surface area contributed by atoms with Gasteiger partial charge in [0.25, 0.3) is 5.91 Å². The second-order valence-electron chi connectivity index (χ2n) is 5.19. The van der Waals surface area contributed by atoms with Crippen LogP contribution in [-0.2, 0) is 4.74 Å². The van der Waals surface area contributed by atoms with Crippen LogP contribution in [0.4, 0.5) is 5.69 Å². The van der Waals surface area contributed by atoms with Gasteiger partial charge in [0.05, 0.1) is 18.4 Å². The van der Waals surface area contributed by atoms with Crippen LogP contribution in [0, 0.1) is 0 Å². The van der Waals surface area contributed by atoms with Crippen molar-refractivity contribution < 1.29 is 14.3 Å². The maximum Gasteiger partial charge on any atom is 0.340 e. The number of carbonyl (C=O) groups is 2. The lowest BCUT2D eigenvalue weighted by molar-refractivity contribution is 0.0602. The molecule has 0 unspecified atom stereocenters. The van der Waals surface area contributed by atoms with Crippen molar-refractivity contribution in [2.24, 2.45) is 0 Å². The molecule has 0 fully saturated rings. The molecule has 1 N–H and O–H groups in total. The number of hydrogen-bond acceptors (Lipinski definition) is 4. The molecular formula is C19H14ClNO3S. The van der Waals surface area contributed by atoms with E-state index >= 15 is 0 Å². The standard InChI is InChI=1S/C19H14ClNO3S/c1-24-19(23)15-11-14(20)8-9-16(15)21-18(22)13-6-4-12(5-7-13)17-3-2-10-25-17/h2-11H,1H3,(H,21,22). The molecular weight excluding hydrogens is 358 g/mol. The summed E-state index contributed by atoms with van der Waals surface area (Å²) in [6, 6.07) is 15.9. The summed E-state index contributed by atoms with van der Waals surface area (Å²) in [7, 11) is 1.28. The second-order valence-corrected chi connectivity index (χ2v) is 6.57. The molecule has 1 aromatic heterocycles. The molecule has 0 bridgehead atoms. The highest BCUT2D eigenvalue weighted by atomic mass is 35.5. The summed E-state index contributed by atoms with van der Waals surface area (Å²) in [6.45, 7) is 0. The molecule has 6 heteroatoms. The van der Waals surface area contributed by atoms with Crippen LogP contribution in [0.15, 0.2) is 60.0 Å². The topological polar surface area (TPSA) is 55.4 Å². The minimum absolute atomic E-state index is 0.207. The van der Waals surface area contributed by atoms with E-state index < -0.39 is 5.97 Å². The van der Waals surface area contributed by atoms with Gasteiger partial charge in [-0.15, -0.1) is 11.3 Å². The van der Waals surface area contributed by atoms with Gasteiger partial charge in [-0.3, -0.25) is 4.79 Å². The normalized spacial score (nSPS) is 10.3. The average molecular weight is 372 g/mol. The van der Waals surface area contributed by atoms with Gasteiger partial charge in [0.1, 0.15) is 0 Å². The van der Waals surface area contributed by atoms with Crippen molar-refractivity contribution in [2.45, 2.75) is 0 Å². The van der Waals surface area contributed by atoms with E-state index in [1.54, 1.807) is 35.6 Å². The largest absolute Gasteiger partial charge is 0.465 e. The van der Waals surface area contributed by atoms with Crippen LogP contribution in [0.5, 0.6) is 0 Å². The van der Waals surface area contributed by atoms with Gasteiger partial charge in [0, 0.05) is 15.5 Å². The molecule has 3 aromatic rings. The van der Waals surface area contributed by atoms with Crippen molar-refractivity contribution in [1.82, 2.24) is 0 Å². The number of rotatable bonds is 4. The Bertz CT molecular complexity index is 905. The van der Waals surface area contributed by atoms with Crippen LogP contribution in [0.2, 0.25) is 5.02 Å². The maximum absolute atomic E-state index is 12.5. The highest BCUT2D eigenvalue weighted by molar-refractivity contribution is 7.13. The number of halogens is 1. The van der Waals surface area contributed by atoms with Gasteiger partial charge < -0.3 is 10.1 Å². The van der Waals surface area contributed by atoms with Gasteiger partial charge >= 0.3 is 5.97 Å². The number of thiophene rings is 1. The number of amides is 1. The van der Waals surface area contributed by atoms with E-state index in [1.165, 1.54) is 13.2 Å². The van der Waals surface area contributed by atoms with Crippen molar-refractivity contribution in [3.63, 3.8) is 0 Å². The smallest absolute Gasteiger partial charge is 0.340 e. The zero-order valence-corrected chi connectivity index (χ0v) is 14.9. The number of nitrogens with one attached hydrogen (secondary N) is 1. The van der Waals surface area contributed by atoms with Crippen LogP contribution in [0.3, 0.4) is 0 Å². The number of anilines is 1. The summed E-state index contributed by atoms with van der Waals surface area (Å²) in [5, 5.41) is 5.12. The first kappa shape index (κ1) is 17.2. The predicted molar refractivity (Wildman–Crippen MR) is 100 cm³/mol. The van der Waals surface area contributed by atoms with Gasteiger partial charge in [0.2, 0.25) is 0 Å². The van der Waals surface area contributed by atoms with E-state index in [-0.39, 0.29) is 11.5 Å². The summed E-state index contributed by atoms with van der Waals surface area (Å²) >= 11 is 7.56. The van der Waals surface area contributed by atoms with Crippen molar-refractivity contribution in [3.8, 4) is 10.4 Å². The lowest BCUT2D eigenvalue weighted by atomic mass is 10.1. The Hall–Kier alpha value is -2.63. The summed E-state index contributed by atoms with van der Waals surface area (Å²) in [5.41, 5.74) is 2.10. The molecule has 25 heavy (non-hydrogen) atoms. The molecule has 0 aliphatic heterocycles. The zero-order chi connectivity index (χ0) is 17.8. The first-order valence-electron chi connectivity index (χ1n) is 7.41. The van der Waals surface area contributed by atoms with E-state index in [1.807, 2.05) is 29.6 Å². The number of hydrogen-bond donors (Lipinski definition) is 1. The average Bonchev–Trinajstić information content (AvgIpc) is 3.17. The zero-order valence-electron chi connectivity index (χ0n) is 13.3. The molecule has 0 saturated carbocycles. The van der Waals surface area contributed by atoms with Crippen LogP contribution >= 0.6 is 22.9 Å². The van der Waals surface area contributed by atoms with E-state index in [9.17, 15) is 9.59 Å². The third kappa shape index (κ3) is 3.90. The molecule has 0 radical (unpaired) electrons. The molecule has 0 atom stereocenters. The van der Waals surface area contributed by atoms with Crippen molar-refractivity contribution in [3.05, 3.63) is 76.1 Å². The molecule has 1 amide bonds. The Morgan fingerprint density at radius 1 is 1.08 bits per heavy atom. The highest BCUT2D eigenvalue weighted by Crippen LogP contribution is 2.26. The Morgan fingerprint density at radius 2 is 1.84 bits per heavy atom. The number of methoxy groups -OCH3 is 1. The molecule has 1 heterocycles. The first-order valence-corrected chi connectivity index (χ1v) is 8.67. The lowest BCUT2D eigenvalue weighted by Crippen LogP contribution is -2.15. The summed E-state index contributed by atoms with van der Waals surface area (Å²) < 4.78 is 4.73. The molecule has 4 nitrogen and oxygen atoms in total. The van der Waals surface area contributed by atoms with Gasteiger partial charge in [0.15, 0.2) is 0 Å². The van der Waals surface area contributed by atoms with Gasteiger partial charge in [-0.25, -0.2) is 4.79 Å². The first-order chi connectivity index (χ1) is 12.1. The van der Waals surface area contributed by atoms with Crippen molar-refractivity contribution >= 4 is 40.5 Å². The van der Waals surface area contributed by atoms with Crippen LogP contribution in [0.1, 0.15) is 20.7 Å². The number of esters is 1. The van der Waals surface area contributed by atoms with E-state index in [0.717, 1.165) is 10.4 Å². The fraction of sp³-hybridized carbons (Fsp3) is 0.0526. The van der Waals surface area contributed by atoms with Crippen LogP contribution < -0.4 is 5.32 Å². The maximum atomic E-state index is 12.5. The molecule has 3 rings (SSSR count). The van der Waals surface area contributed by atoms with Crippen LogP contribution in [-0.4, -0.2) is 19.0 Å². The number of benzene rings is 2. The van der Waals surface area contributed by atoms with E-state index in [4.69, 9.17) is 16.3 Å². The van der Waals surface area contributed by atoms with Crippen LogP contribution in [0.25, 0.3) is 10.4 Å². The Labute approximate surface area is 154 Å². The minimum Gasteiger partial charge on any atom is -0.465 e. The minimum atomic E-state index is -0.564. The summed E-state index contributed by atoms with van der Waals surface area (Å²) in [5.74, 6) is -0.879. The number of carbonyl (C=O) groups excluding carboxylic acids is 2. The third-order valence-corrected chi connectivity index (χ3v) is 4.74. The lowest BCUT2D eigenvalue weighted by Gasteiger charge is -2.10. The van der Waals surface area contributed by atoms with E-state index in [0.29, 0.717) is 16.3 Å². The highest BCUT2D eigenvalue weighted by Gasteiger charge is 2.15. The molecule has 0 saturated heterocycles. The third-order valence-electron chi connectivity index (χ3n) is 3.59. The van der Waals surface area contributed by atoms with Crippen molar-refractivity contribution in [1.29, 1.82) is 0 Å². The van der Waals surface area contributed by atoms with Crippen molar-refractivity contribution in [2.75, 3.05) is 12.4 Å². The quantitative estimate of drug-likeness (QED) is 0.648. The fourth-order valence-corrected chi connectivity index (χ4v) is 3.23. The Morgan fingerprint density at radius 3 is 2.48 bits per heavy atom. The Kier molecular flexibility index (Phi) is 5.16. The van der Waals surface area contributed by atoms with E-state index in [2.05, 4.69) is 5.32 Å². The van der Waals surface area contributed by atoms with Gasteiger partial charge in [-0.2, -0.15) is 0 Å². The molecule has 0 aliphatic rings. The summed E-state index contributed by atoms with van der Waals surface area (Å²) in [6.07, 6.45) is 0. The fourth-order valence-electron chi connectivity index (χ4n) is 2.33. The van der Waals surface area contributed by atoms with Gasteiger partial charge in [-0.05, 0) is 47.3 Å². The SMILES string of the molecule is COC(=O)c1cc(Cl)ccc1NC(=O)c1ccc(-c2cccs2)cc1. The van der Waals surface area contributed by atoms with Gasteiger partial charge in [-0.1, -0.05) is 29.8 Å². The summed E-state index contributed by atoms with van der Waals surface area (Å²) in [4.78, 5) is 25.5. The number of ether oxygens (including phenoxy) is 1.